The van der Waals surface area contributed by atoms with Crippen LogP contribution >= 0.6 is 11.3 Å². The van der Waals surface area contributed by atoms with Gasteiger partial charge >= 0.3 is 4.87 Å². The second-order valence-electron chi connectivity index (χ2n) is 3.77. The Kier molecular flexibility index (Phi) is 3.42. The van der Waals surface area contributed by atoms with E-state index in [0.717, 1.165) is 17.0 Å². The average molecular weight is 264 g/mol. The van der Waals surface area contributed by atoms with Crippen molar-refractivity contribution in [2.45, 2.75) is 13.5 Å². The summed E-state index contributed by atoms with van der Waals surface area (Å²) in [5.74, 6) is -0.313. The lowest BCUT2D eigenvalue weighted by Crippen LogP contribution is -2.24. The van der Waals surface area contributed by atoms with E-state index in [1.54, 1.807) is 18.4 Å². The number of amides is 1. The van der Waals surface area contributed by atoms with E-state index in [1.165, 1.54) is 6.20 Å². The molecule has 18 heavy (non-hydrogen) atoms. The zero-order valence-corrected chi connectivity index (χ0v) is 10.5. The van der Waals surface area contributed by atoms with Gasteiger partial charge in [0, 0.05) is 28.7 Å². The van der Waals surface area contributed by atoms with Crippen molar-refractivity contribution in [2.75, 3.05) is 5.73 Å². The quantitative estimate of drug-likeness (QED) is 0.757. The van der Waals surface area contributed by atoms with Crippen molar-refractivity contribution < 1.29 is 4.79 Å². The first-order valence-electron chi connectivity index (χ1n) is 5.23. The van der Waals surface area contributed by atoms with Gasteiger partial charge in [-0.25, -0.2) is 0 Å². The lowest BCUT2D eigenvalue weighted by atomic mass is 10.2. The Morgan fingerprint density at radius 2 is 2.39 bits per heavy atom. The molecular formula is C11H12N4O2S. The number of carbonyl (C=O) groups excluding carboxylic acids is 1. The molecule has 0 fully saturated rings. The number of aryl methyl sites for hydroxylation is 1. The molecule has 0 saturated heterocycles. The van der Waals surface area contributed by atoms with Crippen LogP contribution in [0.5, 0.6) is 0 Å². The summed E-state index contributed by atoms with van der Waals surface area (Å²) in [5, 5.41) is 4.33. The lowest BCUT2D eigenvalue weighted by Gasteiger charge is -2.06. The zero-order valence-electron chi connectivity index (χ0n) is 9.69. The Morgan fingerprint density at radius 3 is 3.00 bits per heavy atom. The second-order valence-corrected chi connectivity index (χ2v) is 4.61. The molecule has 0 atom stereocenters. The summed E-state index contributed by atoms with van der Waals surface area (Å²) in [5.41, 5.74) is 7.88. The van der Waals surface area contributed by atoms with Gasteiger partial charge in [0.05, 0.1) is 12.1 Å². The van der Waals surface area contributed by atoms with Crippen LogP contribution in [-0.4, -0.2) is 15.9 Å². The minimum absolute atomic E-state index is 0.143. The van der Waals surface area contributed by atoms with Crippen molar-refractivity contribution in [3.05, 3.63) is 44.3 Å². The Balaban J connectivity index is 2.06. The summed E-state index contributed by atoms with van der Waals surface area (Å²) in [6.07, 6.45) is 1.44. The van der Waals surface area contributed by atoms with Crippen LogP contribution in [-0.2, 0) is 6.54 Å². The topological polar surface area (TPSA) is 101 Å². The molecule has 0 aliphatic carbocycles. The largest absolute Gasteiger partial charge is 0.398 e. The van der Waals surface area contributed by atoms with E-state index in [2.05, 4.69) is 15.3 Å². The fourth-order valence-corrected chi connectivity index (χ4v) is 2.02. The molecule has 0 aliphatic rings. The van der Waals surface area contributed by atoms with Gasteiger partial charge in [0.25, 0.3) is 5.91 Å². The maximum Gasteiger partial charge on any atom is 0.304 e. The van der Waals surface area contributed by atoms with Crippen LogP contribution in [0.1, 0.15) is 21.7 Å². The number of aromatic nitrogens is 2. The Morgan fingerprint density at radius 1 is 1.61 bits per heavy atom. The maximum atomic E-state index is 11.8. The van der Waals surface area contributed by atoms with Gasteiger partial charge in [-0.05, 0) is 13.0 Å². The average Bonchev–Trinajstić information content (AvgIpc) is 2.72. The van der Waals surface area contributed by atoms with E-state index in [9.17, 15) is 9.59 Å². The van der Waals surface area contributed by atoms with E-state index >= 15 is 0 Å². The van der Waals surface area contributed by atoms with E-state index in [4.69, 9.17) is 5.73 Å². The van der Waals surface area contributed by atoms with E-state index in [-0.39, 0.29) is 17.3 Å². The van der Waals surface area contributed by atoms with Crippen molar-refractivity contribution in [2.24, 2.45) is 0 Å². The number of nitrogen functional groups attached to an aromatic ring is 1. The van der Waals surface area contributed by atoms with Gasteiger partial charge in [0.15, 0.2) is 0 Å². The van der Waals surface area contributed by atoms with Crippen LogP contribution in [0.4, 0.5) is 5.69 Å². The highest BCUT2D eigenvalue weighted by Crippen LogP contribution is 2.11. The molecule has 0 bridgehead atoms. The zero-order chi connectivity index (χ0) is 13.1. The minimum atomic E-state index is -0.313. The van der Waals surface area contributed by atoms with Crippen molar-refractivity contribution in [1.82, 2.24) is 15.3 Å². The number of rotatable bonds is 3. The van der Waals surface area contributed by atoms with Gasteiger partial charge in [-0.1, -0.05) is 11.3 Å². The van der Waals surface area contributed by atoms with Gasteiger partial charge in [-0.15, -0.1) is 0 Å². The molecule has 94 valence electrons. The first-order chi connectivity index (χ1) is 8.56. The summed E-state index contributed by atoms with van der Waals surface area (Å²) in [6, 6.07) is 1.64. The molecule has 4 N–H and O–H groups in total. The van der Waals surface area contributed by atoms with Crippen molar-refractivity contribution in [3.8, 4) is 0 Å². The molecule has 6 nitrogen and oxygen atoms in total. The SMILES string of the molecule is Cc1cc(N)c(C(=O)NCc2csc(=O)[nH]2)cn1. The number of anilines is 1. The molecule has 7 heteroatoms. The van der Waals surface area contributed by atoms with Gasteiger partial charge in [-0.3, -0.25) is 14.6 Å². The number of hydrogen-bond donors (Lipinski definition) is 3. The molecule has 1 amide bonds. The number of nitrogens with two attached hydrogens (primary N) is 1. The molecule has 2 rings (SSSR count). The van der Waals surface area contributed by atoms with Gasteiger partial charge in [-0.2, -0.15) is 0 Å². The fourth-order valence-electron chi connectivity index (χ4n) is 1.44. The third-order valence-electron chi connectivity index (χ3n) is 2.33. The van der Waals surface area contributed by atoms with Crippen LogP contribution < -0.4 is 15.9 Å². The van der Waals surface area contributed by atoms with Crippen molar-refractivity contribution in [1.29, 1.82) is 0 Å². The van der Waals surface area contributed by atoms with E-state index in [0.29, 0.717) is 16.9 Å². The van der Waals surface area contributed by atoms with Crippen molar-refractivity contribution in [3.63, 3.8) is 0 Å². The van der Waals surface area contributed by atoms with E-state index < -0.39 is 0 Å². The van der Waals surface area contributed by atoms with Gasteiger partial charge < -0.3 is 16.0 Å². The number of carbonyl (C=O) groups is 1. The lowest BCUT2D eigenvalue weighted by molar-refractivity contribution is 0.0951. The minimum Gasteiger partial charge on any atom is -0.398 e. The highest BCUT2D eigenvalue weighted by Gasteiger charge is 2.10. The Hall–Kier alpha value is -2.15. The predicted molar refractivity (Wildman–Crippen MR) is 69.5 cm³/mol. The van der Waals surface area contributed by atoms with Crippen LogP contribution in [0.25, 0.3) is 0 Å². The molecule has 2 aromatic heterocycles. The van der Waals surface area contributed by atoms with Crippen molar-refractivity contribution >= 4 is 22.9 Å². The molecule has 2 aromatic rings. The van der Waals surface area contributed by atoms with E-state index in [1.807, 2.05) is 0 Å². The van der Waals surface area contributed by atoms with Crippen LogP contribution in [0.3, 0.4) is 0 Å². The van der Waals surface area contributed by atoms with Gasteiger partial charge in [0.1, 0.15) is 0 Å². The highest BCUT2D eigenvalue weighted by molar-refractivity contribution is 7.07. The summed E-state index contributed by atoms with van der Waals surface area (Å²) in [4.78, 5) is 29.2. The summed E-state index contributed by atoms with van der Waals surface area (Å²) >= 11 is 1.06. The second kappa shape index (κ2) is 5.01. The third-order valence-corrected chi connectivity index (χ3v) is 3.05. The van der Waals surface area contributed by atoms with Gasteiger partial charge in [0.2, 0.25) is 0 Å². The summed E-state index contributed by atoms with van der Waals surface area (Å²) < 4.78 is 0. The smallest absolute Gasteiger partial charge is 0.304 e. The maximum absolute atomic E-state index is 11.8. The number of H-pyrrole nitrogens is 1. The first-order valence-corrected chi connectivity index (χ1v) is 6.11. The number of aromatic amines is 1. The predicted octanol–water partition coefficient (Wildman–Crippen LogP) is 0.652. The van der Waals surface area contributed by atoms with Crippen LogP contribution in [0.15, 0.2) is 22.4 Å². The molecule has 0 saturated carbocycles. The normalized spacial score (nSPS) is 10.3. The molecule has 0 spiro atoms. The number of nitrogens with zero attached hydrogens (tertiary/aromatic N) is 1. The molecule has 0 aliphatic heterocycles. The Bertz CT molecular complexity index is 632. The molecular weight excluding hydrogens is 252 g/mol. The number of hydrogen-bond acceptors (Lipinski definition) is 5. The monoisotopic (exact) mass is 264 g/mol. The third kappa shape index (κ3) is 2.75. The molecule has 0 unspecified atom stereocenters. The standard InChI is InChI=1S/C11H12N4O2S/c1-6-2-9(12)8(4-13-6)10(16)14-3-7-5-18-11(17)15-7/h2,4-5H,3H2,1H3,(H2,12,13)(H,14,16)(H,15,17). The molecule has 0 radical (unpaired) electrons. The van der Waals surface area contributed by atoms with Crippen LogP contribution in [0, 0.1) is 6.92 Å². The summed E-state index contributed by atoms with van der Waals surface area (Å²) in [6.45, 7) is 2.05. The molecule has 0 aromatic carbocycles. The first kappa shape index (κ1) is 12.3. The Labute approximate surface area is 107 Å². The molecule has 2 heterocycles. The fraction of sp³-hybridized carbons (Fsp3) is 0.182. The number of nitrogens with one attached hydrogen (secondary N) is 2. The van der Waals surface area contributed by atoms with Crippen LogP contribution in [0.2, 0.25) is 0 Å². The summed E-state index contributed by atoms with van der Waals surface area (Å²) in [7, 11) is 0. The number of thiazole rings is 1. The highest BCUT2D eigenvalue weighted by atomic mass is 32.1. The number of pyridine rings is 1.